The number of ether oxygens (including phenoxy) is 1. The number of amidine groups is 1. The van der Waals surface area contributed by atoms with E-state index in [1.807, 2.05) is 12.1 Å². The highest BCUT2D eigenvalue weighted by molar-refractivity contribution is 5.84. The maximum Gasteiger partial charge on any atom is 0.141 e. The Morgan fingerprint density at radius 1 is 1.10 bits per heavy atom. The van der Waals surface area contributed by atoms with Gasteiger partial charge in [-0.2, -0.15) is 5.10 Å². The van der Waals surface area contributed by atoms with Gasteiger partial charge in [-0.05, 0) is 50.7 Å². The Kier molecular flexibility index (Phi) is 7.75. The molecule has 1 aromatic heterocycles. The van der Waals surface area contributed by atoms with Crippen molar-refractivity contribution in [1.82, 2.24) is 15.0 Å². The van der Waals surface area contributed by atoms with Crippen molar-refractivity contribution in [3.63, 3.8) is 0 Å². The lowest BCUT2D eigenvalue weighted by Gasteiger charge is -2.28. The number of pyridine rings is 1. The van der Waals surface area contributed by atoms with Crippen molar-refractivity contribution >= 4 is 11.5 Å². The van der Waals surface area contributed by atoms with Gasteiger partial charge < -0.3 is 21.3 Å². The molecule has 1 heterocycles. The molecule has 0 bridgehead atoms. The van der Waals surface area contributed by atoms with Crippen molar-refractivity contribution < 1.29 is 4.74 Å². The van der Waals surface area contributed by atoms with Crippen LogP contribution in [0.25, 0.3) is 5.70 Å². The predicted molar refractivity (Wildman–Crippen MR) is 119 cm³/mol. The van der Waals surface area contributed by atoms with Gasteiger partial charge in [0.05, 0.1) is 35.9 Å². The fourth-order valence-electron chi connectivity index (χ4n) is 4.36. The van der Waals surface area contributed by atoms with E-state index in [2.05, 4.69) is 10.1 Å². The van der Waals surface area contributed by atoms with Crippen LogP contribution in [0.15, 0.2) is 29.1 Å². The number of rotatable bonds is 7. The van der Waals surface area contributed by atoms with E-state index in [9.17, 15) is 0 Å². The molecule has 2 aliphatic rings. The van der Waals surface area contributed by atoms with Gasteiger partial charge in [0.2, 0.25) is 0 Å². The van der Waals surface area contributed by atoms with Crippen LogP contribution in [0.3, 0.4) is 0 Å². The van der Waals surface area contributed by atoms with Crippen molar-refractivity contribution in [1.29, 1.82) is 0 Å². The Labute approximate surface area is 179 Å². The average molecular weight is 417 g/mol. The highest BCUT2D eigenvalue weighted by Gasteiger charge is 2.26. The first-order valence-electron chi connectivity index (χ1n) is 10.9. The SMILES string of the molecule is CN(N)/C(CN(N)/C(=N\N)C1CCCC1)=C(\N)c1ccc(OC2CCCCC2)cn1. The Hall–Kier alpha value is -2.52. The van der Waals surface area contributed by atoms with Crippen molar-refractivity contribution in [2.45, 2.75) is 63.9 Å². The number of likely N-dealkylation sites (N-methyl/N-ethyl adjacent to an activating group) is 1. The summed E-state index contributed by atoms with van der Waals surface area (Å²) in [4.78, 5) is 4.49. The van der Waals surface area contributed by atoms with Gasteiger partial charge in [0.25, 0.3) is 0 Å². The molecule has 2 saturated carbocycles. The van der Waals surface area contributed by atoms with Crippen LogP contribution in [0.1, 0.15) is 63.5 Å². The molecule has 9 heteroatoms. The zero-order valence-electron chi connectivity index (χ0n) is 18.0. The van der Waals surface area contributed by atoms with Crippen molar-refractivity contribution in [2.24, 2.45) is 34.3 Å². The summed E-state index contributed by atoms with van der Waals surface area (Å²) in [5, 5.41) is 6.95. The molecule has 0 unspecified atom stereocenters. The number of hydrazone groups is 1. The zero-order chi connectivity index (χ0) is 21.5. The third-order valence-corrected chi connectivity index (χ3v) is 6.07. The molecule has 1 aromatic rings. The molecule has 166 valence electrons. The molecule has 3 rings (SSSR count). The van der Waals surface area contributed by atoms with E-state index in [-0.39, 0.29) is 18.6 Å². The van der Waals surface area contributed by atoms with Gasteiger partial charge in [-0.1, -0.05) is 19.3 Å². The lowest BCUT2D eigenvalue weighted by atomic mass is 9.98. The van der Waals surface area contributed by atoms with Crippen molar-refractivity contribution in [3.8, 4) is 5.75 Å². The number of hydrogen-bond acceptors (Lipinski definition) is 8. The van der Waals surface area contributed by atoms with Crippen LogP contribution in [0.2, 0.25) is 0 Å². The fraction of sp³-hybridized carbons (Fsp3) is 0.619. The summed E-state index contributed by atoms with van der Waals surface area (Å²) < 4.78 is 6.05. The molecule has 0 spiro atoms. The zero-order valence-corrected chi connectivity index (χ0v) is 18.0. The standard InChI is InChI=1S/C21H36N8O/c1-28(24)19(14-29(25)21(27-23)15-7-5-6-8-15)20(22)18-12-11-17(13-26-18)30-16-9-3-2-4-10-16/h11-13,15-16H,2-10,14,22-25H2,1H3/b20-19-,27-21-. The molecule has 2 fully saturated rings. The summed E-state index contributed by atoms with van der Waals surface area (Å²) in [5.74, 6) is 19.7. The Morgan fingerprint density at radius 2 is 1.77 bits per heavy atom. The third-order valence-electron chi connectivity index (χ3n) is 6.07. The Bertz CT molecular complexity index is 734. The van der Waals surface area contributed by atoms with E-state index in [1.54, 1.807) is 18.3 Å². The van der Waals surface area contributed by atoms with E-state index in [0.29, 0.717) is 22.9 Å². The van der Waals surface area contributed by atoms with Gasteiger partial charge >= 0.3 is 0 Å². The molecule has 0 amide bonds. The van der Waals surface area contributed by atoms with Crippen LogP contribution in [0, 0.1) is 5.92 Å². The molecule has 0 aliphatic heterocycles. The number of hydrogen-bond donors (Lipinski definition) is 4. The maximum atomic E-state index is 6.42. The van der Waals surface area contributed by atoms with E-state index in [0.717, 1.165) is 31.4 Å². The van der Waals surface area contributed by atoms with Gasteiger partial charge in [-0.3, -0.25) is 9.99 Å². The van der Waals surface area contributed by atoms with E-state index < -0.39 is 0 Å². The molecule has 9 nitrogen and oxygen atoms in total. The van der Waals surface area contributed by atoms with Crippen LogP contribution >= 0.6 is 0 Å². The second-order valence-corrected chi connectivity index (χ2v) is 8.32. The fourth-order valence-corrected chi connectivity index (χ4v) is 4.36. The topological polar surface area (TPSA) is 145 Å². The van der Waals surface area contributed by atoms with Gasteiger partial charge in [0, 0.05) is 13.0 Å². The molecule has 0 radical (unpaired) electrons. The highest BCUT2D eigenvalue weighted by Crippen LogP contribution is 2.27. The minimum absolute atomic E-state index is 0.278. The Morgan fingerprint density at radius 3 is 2.33 bits per heavy atom. The number of nitrogens with two attached hydrogens (primary N) is 4. The maximum absolute atomic E-state index is 6.42. The molecule has 2 aliphatic carbocycles. The predicted octanol–water partition coefficient (Wildman–Crippen LogP) is 1.86. The lowest BCUT2D eigenvalue weighted by Crippen LogP contribution is -2.46. The molecule has 8 N–H and O–H groups in total. The molecular weight excluding hydrogens is 380 g/mol. The van der Waals surface area contributed by atoms with Crippen molar-refractivity contribution in [3.05, 3.63) is 29.7 Å². The summed E-state index contributed by atoms with van der Waals surface area (Å²) >= 11 is 0. The third kappa shape index (κ3) is 5.54. The monoisotopic (exact) mass is 416 g/mol. The van der Waals surface area contributed by atoms with E-state index in [1.165, 1.54) is 37.1 Å². The molecule has 0 saturated heterocycles. The minimum Gasteiger partial charge on any atom is -0.489 e. The first-order valence-corrected chi connectivity index (χ1v) is 10.9. The molecule has 0 aromatic carbocycles. The lowest BCUT2D eigenvalue weighted by molar-refractivity contribution is 0.154. The van der Waals surface area contributed by atoms with Gasteiger partial charge in [-0.25, -0.2) is 11.7 Å². The van der Waals surface area contributed by atoms with Gasteiger partial charge in [0.15, 0.2) is 0 Å². The largest absolute Gasteiger partial charge is 0.489 e. The molecule has 0 atom stereocenters. The van der Waals surface area contributed by atoms with Crippen LogP contribution < -0.4 is 28.0 Å². The van der Waals surface area contributed by atoms with E-state index >= 15 is 0 Å². The van der Waals surface area contributed by atoms with Crippen LogP contribution in [0.4, 0.5) is 0 Å². The Balaban J connectivity index is 1.71. The summed E-state index contributed by atoms with van der Waals surface area (Å²) in [7, 11) is 1.73. The number of nitrogens with zero attached hydrogens (tertiary/aromatic N) is 4. The minimum atomic E-state index is 0.278. The van der Waals surface area contributed by atoms with Gasteiger partial charge in [0.1, 0.15) is 11.6 Å². The molecule has 30 heavy (non-hydrogen) atoms. The average Bonchev–Trinajstić information content (AvgIpc) is 3.27. The van der Waals surface area contributed by atoms with E-state index in [4.69, 9.17) is 28.0 Å². The first-order chi connectivity index (χ1) is 14.5. The quantitative estimate of drug-likeness (QED) is 0.228. The highest BCUT2D eigenvalue weighted by atomic mass is 16.5. The second-order valence-electron chi connectivity index (χ2n) is 8.32. The first kappa shape index (κ1) is 22.2. The van der Waals surface area contributed by atoms with Crippen LogP contribution in [0.5, 0.6) is 5.75 Å². The van der Waals surface area contributed by atoms with Crippen molar-refractivity contribution in [2.75, 3.05) is 13.6 Å². The smallest absolute Gasteiger partial charge is 0.141 e. The van der Waals surface area contributed by atoms with Crippen LogP contribution in [-0.2, 0) is 0 Å². The second kappa shape index (κ2) is 10.5. The normalized spacial score (nSPS) is 19.5. The molecular formula is C21H36N8O. The summed E-state index contributed by atoms with van der Waals surface area (Å²) in [6, 6.07) is 3.76. The van der Waals surface area contributed by atoms with Gasteiger partial charge in [-0.15, -0.1) is 0 Å². The summed E-state index contributed by atoms with van der Waals surface area (Å²) in [6.07, 6.45) is 12.4. The number of aromatic nitrogens is 1. The summed E-state index contributed by atoms with van der Waals surface area (Å²) in [5.41, 5.74) is 8.15. The number of hydrazine groups is 2. The van der Waals surface area contributed by atoms with Crippen LogP contribution in [-0.4, -0.2) is 40.5 Å². The summed E-state index contributed by atoms with van der Waals surface area (Å²) in [6.45, 7) is 0.285.